The van der Waals surface area contributed by atoms with Crippen LogP contribution in [0.15, 0.2) is 10.6 Å². The molecular formula is C12H21N3O. The molecule has 4 nitrogen and oxygen atoms in total. The van der Waals surface area contributed by atoms with Crippen molar-refractivity contribution in [3.8, 4) is 0 Å². The molecule has 16 heavy (non-hydrogen) atoms. The minimum Gasteiger partial charge on any atom is -0.360 e. The smallest absolute Gasteiger partial charge is 0.151 e. The van der Waals surface area contributed by atoms with Crippen LogP contribution >= 0.6 is 0 Å². The summed E-state index contributed by atoms with van der Waals surface area (Å²) < 4.78 is 5.32. The third kappa shape index (κ3) is 2.83. The van der Waals surface area contributed by atoms with Gasteiger partial charge in [0, 0.05) is 18.7 Å². The number of aromatic nitrogens is 1. The van der Waals surface area contributed by atoms with E-state index in [0.717, 1.165) is 30.6 Å². The molecule has 0 aliphatic heterocycles. The summed E-state index contributed by atoms with van der Waals surface area (Å²) in [6.07, 6.45) is 5.40. The van der Waals surface area contributed by atoms with Crippen molar-refractivity contribution in [3.63, 3.8) is 0 Å². The van der Waals surface area contributed by atoms with Gasteiger partial charge in [0.15, 0.2) is 5.76 Å². The Morgan fingerprint density at radius 1 is 1.50 bits per heavy atom. The van der Waals surface area contributed by atoms with E-state index < -0.39 is 0 Å². The van der Waals surface area contributed by atoms with Gasteiger partial charge in [-0.2, -0.15) is 0 Å². The molecule has 0 saturated heterocycles. The standard InChI is InChI=1S/C12H21N3O/c1-13-8-10-7-12(16-14-10)9-15(2)11-5-3-4-6-11/h7,11,13H,3-6,8-9H2,1-2H3. The molecule has 4 heteroatoms. The Morgan fingerprint density at radius 3 is 2.94 bits per heavy atom. The summed E-state index contributed by atoms with van der Waals surface area (Å²) in [7, 11) is 4.09. The summed E-state index contributed by atoms with van der Waals surface area (Å²) in [5.41, 5.74) is 0.984. The maximum atomic E-state index is 5.32. The molecule has 1 fully saturated rings. The predicted molar refractivity (Wildman–Crippen MR) is 63.0 cm³/mol. The van der Waals surface area contributed by atoms with Gasteiger partial charge in [-0.3, -0.25) is 4.90 Å². The van der Waals surface area contributed by atoms with E-state index in [2.05, 4.69) is 22.4 Å². The molecular weight excluding hydrogens is 202 g/mol. The van der Waals surface area contributed by atoms with Gasteiger partial charge < -0.3 is 9.84 Å². The van der Waals surface area contributed by atoms with Crippen molar-refractivity contribution in [2.24, 2.45) is 0 Å². The zero-order valence-electron chi connectivity index (χ0n) is 10.2. The first-order valence-electron chi connectivity index (χ1n) is 6.09. The van der Waals surface area contributed by atoms with Crippen LogP contribution in [0.3, 0.4) is 0 Å². The van der Waals surface area contributed by atoms with Gasteiger partial charge in [0.25, 0.3) is 0 Å². The predicted octanol–water partition coefficient (Wildman–Crippen LogP) is 1.77. The number of hydrogen-bond acceptors (Lipinski definition) is 4. The molecule has 1 aromatic heterocycles. The second-order valence-corrected chi connectivity index (χ2v) is 4.67. The first-order chi connectivity index (χ1) is 7.79. The Bertz CT molecular complexity index is 318. The van der Waals surface area contributed by atoms with Crippen LogP contribution in [-0.2, 0) is 13.1 Å². The molecule has 90 valence electrons. The van der Waals surface area contributed by atoms with E-state index in [0.29, 0.717) is 0 Å². The largest absolute Gasteiger partial charge is 0.360 e. The molecule has 1 heterocycles. The summed E-state index contributed by atoms with van der Waals surface area (Å²) in [6, 6.07) is 2.78. The zero-order valence-corrected chi connectivity index (χ0v) is 10.2. The Morgan fingerprint density at radius 2 is 2.25 bits per heavy atom. The van der Waals surface area contributed by atoms with Crippen molar-refractivity contribution in [3.05, 3.63) is 17.5 Å². The van der Waals surface area contributed by atoms with Gasteiger partial charge in [0.2, 0.25) is 0 Å². The molecule has 0 atom stereocenters. The quantitative estimate of drug-likeness (QED) is 0.826. The molecule has 0 bridgehead atoms. The van der Waals surface area contributed by atoms with Crippen LogP contribution in [0.4, 0.5) is 0 Å². The normalized spacial score (nSPS) is 17.4. The summed E-state index contributed by atoms with van der Waals surface area (Å²) in [5.74, 6) is 0.972. The second-order valence-electron chi connectivity index (χ2n) is 4.67. The lowest BCUT2D eigenvalue weighted by atomic mass is 10.2. The van der Waals surface area contributed by atoms with Crippen LogP contribution in [0.2, 0.25) is 0 Å². The Hall–Kier alpha value is -0.870. The van der Waals surface area contributed by atoms with Crippen LogP contribution < -0.4 is 5.32 Å². The minimum absolute atomic E-state index is 0.734. The number of nitrogens with one attached hydrogen (secondary N) is 1. The number of nitrogens with zero attached hydrogens (tertiary/aromatic N) is 2. The average Bonchev–Trinajstić information content (AvgIpc) is 2.89. The topological polar surface area (TPSA) is 41.3 Å². The summed E-state index contributed by atoms with van der Waals surface area (Å²) >= 11 is 0. The summed E-state index contributed by atoms with van der Waals surface area (Å²) in [4.78, 5) is 2.39. The molecule has 0 spiro atoms. The van der Waals surface area contributed by atoms with Gasteiger partial charge in [-0.1, -0.05) is 18.0 Å². The fraction of sp³-hybridized carbons (Fsp3) is 0.750. The van der Waals surface area contributed by atoms with Gasteiger partial charge in [0.1, 0.15) is 0 Å². The average molecular weight is 223 g/mol. The van der Waals surface area contributed by atoms with Gasteiger partial charge in [0.05, 0.1) is 12.2 Å². The SMILES string of the molecule is CNCc1cc(CN(C)C2CCCC2)on1. The lowest BCUT2D eigenvalue weighted by Crippen LogP contribution is -2.28. The lowest BCUT2D eigenvalue weighted by molar-refractivity contribution is 0.209. The maximum Gasteiger partial charge on any atom is 0.151 e. The van der Waals surface area contributed by atoms with E-state index in [-0.39, 0.29) is 0 Å². The molecule has 1 N–H and O–H groups in total. The Labute approximate surface area is 97.0 Å². The fourth-order valence-electron chi connectivity index (χ4n) is 2.41. The molecule has 0 radical (unpaired) electrons. The van der Waals surface area contributed by atoms with Gasteiger partial charge in [-0.25, -0.2) is 0 Å². The Balaban J connectivity index is 1.87. The Kier molecular flexibility index (Phi) is 3.96. The van der Waals surface area contributed by atoms with Crippen molar-refractivity contribution >= 4 is 0 Å². The van der Waals surface area contributed by atoms with E-state index in [1.807, 2.05) is 13.1 Å². The zero-order chi connectivity index (χ0) is 11.4. The third-order valence-electron chi connectivity index (χ3n) is 3.32. The van der Waals surface area contributed by atoms with E-state index in [1.165, 1.54) is 25.7 Å². The number of hydrogen-bond donors (Lipinski definition) is 1. The van der Waals surface area contributed by atoms with Crippen LogP contribution in [0, 0.1) is 0 Å². The third-order valence-corrected chi connectivity index (χ3v) is 3.32. The van der Waals surface area contributed by atoms with Gasteiger partial charge in [-0.15, -0.1) is 0 Å². The molecule has 0 unspecified atom stereocenters. The van der Waals surface area contributed by atoms with E-state index in [4.69, 9.17) is 4.52 Å². The van der Waals surface area contributed by atoms with E-state index in [1.54, 1.807) is 0 Å². The lowest BCUT2D eigenvalue weighted by Gasteiger charge is -2.22. The molecule has 1 aliphatic rings. The van der Waals surface area contributed by atoms with Crippen molar-refractivity contribution in [2.45, 2.75) is 44.8 Å². The molecule has 1 saturated carbocycles. The van der Waals surface area contributed by atoms with Crippen molar-refractivity contribution < 1.29 is 4.52 Å². The monoisotopic (exact) mass is 223 g/mol. The summed E-state index contributed by atoms with van der Waals surface area (Å²) in [5, 5.41) is 7.09. The van der Waals surface area contributed by atoms with E-state index in [9.17, 15) is 0 Å². The van der Waals surface area contributed by atoms with Crippen LogP contribution in [0.25, 0.3) is 0 Å². The molecule has 0 amide bonds. The van der Waals surface area contributed by atoms with Gasteiger partial charge in [-0.05, 0) is 26.9 Å². The summed E-state index contributed by atoms with van der Waals surface area (Å²) in [6.45, 7) is 1.65. The number of rotatable bonds is 5. The minimum atomic E-state index is 0.734. The van der Waals surface area contributed by atoms with Crippen molar-refractivity contribution in [2.75, 3.05) is 14.1 Å². The highest BCUT2D eigenvalue weighted by molar-refractivity contribution is 5.05. The highest BCUT2D eigenvalue weighted by Crippen LogP contribution is 2.23. The van der Waals surface area contributed by atoms with Crippen molar-refractivity contribution in [1.29, 1.82) is 0 Å². The van der Waals surface area contributed by atoms with E-state index >= 15 is 0 Å². The van der Waals surface area contributed by atoms with Crippen LogP contribution in [-0.4, -0.2) is 30.2 Å². The highest BCUT2D eigenvalue weighted by Gasteiger charge is 2.20. The molecule has 1 aliphatic carbocycles. The maximum absolute atomic E-state index is 5.32. The molecule has 1 aromatic rings. The molecule has 2 rings (SSSR count). The first kappa shape index (κ1) is 11.6. The van der Waals surface area contributed by atoms with Crippen molar-refractivity contribution in [1.82, 2.24) is 15.4 Å². The van der Waals surface area contributed by atoms with Gasteiger partial charge >= 0.3 is 0 Å². The second kappa shape index (κ2) is 5.46. The first-order valence-corrected chi connectivity index (χ1v) is 6.09. The fourth-order valence-corrected chi connectivity index (χ4v) is 2.41. The van der Waals surface area contributed by atoms with Crippen LogP contribution in [0.5, 0.6) is 0 Å². The molecule has 0 aromatic carbocycles. The van der Waals surface area contributed by atoms with Crippen LogP contribution in [0.1, 0.15) is 37.1 Å². The highest BCUT2D eigenvalue weighted by atomic mass is 16.5.